The van der Waals surface area contributed by atoms with E-state index in [1.165, 1.54) is 0 Å². The Morgan fingerprint density at radius 2 is 2.25 bits per heavy atom. The summed E-state index contributed by atoms with van der Waals surface area (Å²) in [5.41, 5.74) is 6.01. The smallest absolute Gasteiger partial charge is 0.225 e. The van der Waals surface area contributed by atoms with Crippen molar-refractivity contribution in [2.75, 3.05) is 19.8 Å². The van der Waals surface area contributed by atoms with Crippen LogP contribution in [0.15, 0.2) is 0 Å². The zero-order chi connectivity index (χ0) is 12.0. The molecule has 4 nitrogen and oxygen atoms in total. The molecule has 1 aliphatic rings. The lowest BCUT2D eigenvalue weighted by Crippen LogP contribution is -2.47. The Morgan fingerprint density at radius 1 is 1.50 bits per heavy atom. The lowest BCUT2D eigenvalue weighted by Gasteiger charge is -2.33. The van der Waals surface area contributed by atoms with Crippen molar-refractivity contribution in [2.24, 2.45) is 17.6 Å². The van der Waals surface area contributed by atoms with Crippen molar-refractivity contribution in [1.82, 2.24) is 5.32 Å². The summed E-state index contributed by atoms with van der Waals surface area (Å²) in [6.07, 6.45) is 3.22. The highest BCUT2D eigenvalue weighted by Crippen LogP contribution is 2.28. The fraction of sp³-hybridized carbons (Fsp3) is 0.917. The largest absolute Gasteiger partial charge is 0.380 e. The Kier molecular flexibility index (Phi) is 5.77. The van der Waals surface area contributed by atoms with Crippen LogP contribution in [0, 0.1) is 11.8 Å². The minimum absolute atomic E-state index is 0.0182. The van der Waals surface area contributed by atoms with Gasteiger partial charge in [-0.1, -0.05) is 13.3 Å². The average molecular weight is 228 g/mol. The van der Waals surface area contributed by atoms with Gasteiger partial charge in [0.05, 0.1) is 12.5 Å². The quantitative estimate of drug-likeness (QED) is 0.687. The molecule has 16 heavy (non-hydrogen) atoms. The summed E-state index contributed by atoms with van der Waals surface area (Å²) in [6, 6.07) is 0.0239. The number of hydrogen-bond acceptors (Lipinski definition) is 3. The van der Waals surface area contributed by atoms with Gasteiger partial charge in [-0.25, -0.2) is 0 Å². The monoisotopic (exact) mass is 228 g/mol. The van der Waals surface area contributed by atoms with E-state index in [0.29, 0.717) is 25.7 Å². The van der Waals surface area contributed by atoms with E-state index in [-0.39, 0.29) is 17.9 Å². The second kappa shape index (κ2) is 6.86. The summed E-state index contributed by atoms with van der Waals surface area (Å²) >= 11 is 0. The highest BCUT2D eigenvalue weighted by Gasteiger charge is 2.33. The average Bonchev–Trinajstić information content (AvgIpc) is 2.24. The van der Waals surface area contributed by atoms with Gasteiger partial charge in [0.15, 0.2) is 0 Å². The molecule has 1 fully saturated rings. The van der Waals surface area contributed by atoms with Crippen molar-refractivity contribution < 1.29 is 9.53 Å². The van der Waals surface area contributed by atoms with Gasteiger partial charge >= 0.3 is 0 Å². The zero-order valence-corrected chi connectivity index (χ0v) is 10.4. The van der Waals surface area contributed by atoms with Crippen LogP contribution in [-0.4, -0.2) is 31.7 Å². The van der Waals surface area contributed by atoms with Gasteiger partial charge in [-0.05, 0) is 25.7 Å². The molecule has 4 heteroatoms. The minimum atomic E-state index is -0.0182. The van der Waals surface area contributed by atoms with Crippen LogP contribution >= 0.6 is 0 Å². The van der Waals surface area contributed by atoms with E-state index < -0.39 is 0 Å². The highest BCUT2D eigenvalue weighted by atomic mass is 16.5. The summed E-state index contributed by atoms with van der Waals surface area (Å²) in [5, 5.41) is 2.90. The van der Waals surface area contributed by atoms with Gasteiger partial charge in [0.1, 0.15) is 0 Å². The molecule has 0 saturated heterocycles. The number of amides is 1. The Balaban J connectivity index is 2.33. The van der Waals surface area contributed by atoms with Crippen molar-refractivity contribution in [1.29, 1.82) is 0 Å². The molecule has 0 heterocycles. The van der Waals surface area contributed by atoms with Crippen molar-refractivity contribution in [3.63, 3.8) is 0 Å². The molecule has 3 unspecified atom stereocenters. The first-order valence-corrected chi connectivity index (χ1v) is 6.27. The van der Waals surface area contributed by atoms with Gasteiger partial charge in [0, 0.05) is 19.2 Å². The Labute approximate surface area is 97.9 Å². The second-order valence-corrected chi connectivity index (χ2v) is 4.59. The third-order valence-electron chi connectivity index (χ3n) is 3.32. The van der Waals surface area contributed by atoms with E-state index in [0.717, 1.165) is 19.3 Å². The van der Waals surface area contributed by atoms with Crippen LogP contribution < -0.4 is 11.1 Å². The third kappa shape index (κ3) is 3.76. The maximum absolute atomic E-state index is 11.9. The third-order valence-corrected chi connectivity index (χ3v) is 3.32. The van der Waals surface area contributed by atoms with Crippen LogP contribution in [0.1, 0.15) is 33.1 Å². The van der Waals surface area contributed by atoms with Gasteiger partial charge < -0.3 is 15.8 Å². The molecular formula is C12H24N2O2. The molecule has 0 aromatic rings. The first-order valence-electron chi connectivity index (χ1n) is 6.27. The van der Waals surface area contributed by atoms with Gasteiger partial charge in [-0.15, -0.1) is 0 Å². The Bertz CT molecular complexity index is 211. The van der Waals surface area contributed by atoms with E-state index in [9.17, 15) is 4.79 Å². The van der Waals surface area contributed by atoms with Crippen LogP contribution in [-0.2, 0) is 9.53 Å². The number of hydrogen-bond donors (Lipinski definition) is 2. The fourth-order valence-electron chi connectivity index (χ4n) is 2.42. The SMILES string of the molecule is CCOCCNC(=O)C1C(C)CCCC1N. The lowest BCUT2D eigenvalue weighted by atomic mass is 9.76. The molecule has 0 aromatic carbocycles. The van der Waals surface area contributed by atoms with Gasteiger partial charge in [-0.2, -0.15) is 0 Å². The van der Waals surface area contributed by atoms with Gasteiger partial charge in [-0.3, -0.25) is 4.79 Å². The standard InChI is InChI=1S/C12H24N2O2/c1-3-16-8-7-14-12(15)11-9(2)5-4-6-10(11)13/h9-11H,3-8,13H2,1-2H3,(H,14,15). The normalized spacial score (nSPS) is 30.1. The molecule has 1 saturated carbocycles. The van der Waals surface area contributed by atoms with Crippen LogP contribution in [0.25, 0.3) is 0 Å². The Morgan fingerprint density at radius 3 is 2.88 bits per heavy atom. The van der Waals surface area contributed by atoms with Crippen LogP contribution in [0.3, 0.4) is 0 Å². The minimum Gasteiger partial charge on any atom is -0.380 e. The molecule has 1 aliphatic carbocycles. The summed E-state index contributed by atoms with van der Waals surface area (Å²) in [6.45, 7) is 5.92. The molecule has 3 atom stereocenters. The van der Waals surface area contributed by atoms with Crippen LogP contribution in [0.2, 0.25) is 0 Å². The second-order valence-electron chi connectivity index (χ2n) is 4.59. The van der Waals surface area contributed by atoms with E-state index in [1.54, 1.807) is 0 Å². The first kappa shape index (κ1) is 13.5. The fourth-order valence-corrected chi connectivity index (χ4v) is 2.42. The van der Waals surface area contributed by atoms with Gasteiger partial charge in [0.25, 0.3) is 0 Å². The maximum atomic E-state index is 11.9. The molecule has 0 aromatic heterocycles. The first-order chi connectivity index (χ1) is 7.66. The number of nitrogens with one attached hydrogen (secondary N) is 1. The van der Waals surface area contributed by atoms with Crippen molar-refractivity contribution in [3.8, 4) is 0 Å². The summed E-state index contributed by atoms with van der Waals surface area (Å²) in [4.78, 5) is 11.9. The van der Waals surface area contributed by atoms with Gasteiger partial charge in [0.2, 0.25) is 5.91 Å². The summed E-state index contributed by atoms with van der Waals surface area (Å²) in [7, 11) is 0. The molecule has 0 spiro atoms. The summed E-state index contributed by atoms with van der Waals surface area (Å²) < 4.78 is 5.18. The molecular weight excluding hydrogens is 204 g/mol. The molecule has 0 aliphatic heterocycles. The van der Waals surface area contributed by atoms with Crippen LogP contribution in [0.5, 0.6) is 0 Å². The van der Waals surface area contributed by atoms with Crippen molar-refractivity contribution in [2.45, 2.75) is 39.2 Å². The molecule has 0 radical (unpaired) electrons. The Hall–Kier alpha value is -0.610. The van der Waals surface area contributed by atoms with E-state index in [4.69, 9.17) is 10.5 Å². The molecule has 3 N–H and O–H groups in total. The van der Waals surface area contributed by atoms with Crippen LogP contribution in [0.4, 0.5) is 0 Å². The van der Waals surface area contributed by atoms with Crippen molar-refractivity contribution >= 4 is 5.91 Å². The number of ether oxygens (including phenoxy) is 1. The zero-order valence-electron chi connectivity index (χ0n) is 10.4. The van der Waals surface area contributed by atoms with Crippen molar-refractivity contribution in [3.05, 3.63) is 0 Å². The summed E-state index contributed by atoms with van der Waals surface area (Å²) in [5.74, 6) is 0.477. The van der Waals surface area contributed by atoms with E-state index in [1.807, 2.05) is 6.92 Å². The topological polar surface area (TPSA) is 64.3 Å². The van der Waals surface area contributed by atoms with E-state index in [2.05, 4.69) is 12.2 Å². The molecule has 1 amide bonds. The predicted octanol–water partition coefficient (Wildman–Crippen LogP) is 0.903. The molecule has 1 rings (SSSR count). The number of rotatable bonds is 5. The predicted molar refractivity (Wildman–Crippen MR) is 64.0 cm³/mol. The number of carbonyl (C=O) groups excluding carboxylic acids is 1. The highest BCUT2D eigenvalue weighted by molar-refractivity contribution is 5.79. The number of carbonyl (C=O) groups is 1. The lowest BCUT2D eigenvalue weighted by molar-refractivity contribution is -0.128. The molecule has 94 valence electrons. The number of nitrogens with two attached hydrogens (primary N) is 1. The van der Waals surface area contributed by atoms with E-state index >= 15 is 0 Å². The molecule has 0 bridgehead atoms. The maximum Gasteiger partial charge on any atom is 0.225 e.